The summed E-state index contributed by atoms with van der Waals surface area (Å²) >= 11 is 6.91. The molecule has 0 bridgehead atoms. The van der Waals surface area contributed by atoms with Crippen LogP contribution in [0.15, 0.2) is 57.0 Å². The van der Waals surface area contributed by atoms with Crippen LogP contribution in [0.5, 0.6) is 5.75 Å². The molecule has 166 valence electrons. The summed E-state index contributed by atoms with van der Waals surface area (Å²) in [7, 11) is 0. The van der Waals surface area contributed by atoms with E-state index in [1.165, 1.54) is 11.0 Å². The van der Waals surface area contributed by atoms with Crippen molar-refractivity contribution >= 4 is 55.8 Å². The van der Waals surface area contributed by atoms with E-state index in [0.29, 0.717) is 22.4 Å². The largest absolute Gasteiger partial charge is 0.488 e. The van der Waals surface area contributed by atoms with Crippen molar-refractivity contribution in [3.05, 3.63) is 68.1 Å². The molecular weight excluding hydrogens is 540 g/mol. The molecule has 0 aromatic heterocycles. The van der Waals surface area contributed by atoms with Crippen LogP contribution in [0.4, 0.5) is 4.79 Å². The van der Waals surface area contributed by atoms with Gasteiger partial charge in [0.15, 0.2) is 0 Å². The number of nitrogens with one attached hydrogen (secondary N) is 1. The van der Waals surface area contributed by atoms with Gasteiger partial charge in [-0.05, 0) is 70.2 Å². The number of amides is 4. The van der Waals surface area contributed by atoms with Gasteiger partial charge in [-0.25, -0.2) is 4.79 Å². The van der Waals surface area contributed by atoms with Gasteiger partial charge in [-0.2, -0.15) is 0 Å². The maximum absolute atomic E-state index is 13.0. The normalized spacial score (nSPS) is 18.8. The fraction of sp³-hybridized carbons (Fsp3) is 0.292. The van der Waals surface area contributed by atoms with E-state index in [9.17, 15) is 14.4 Å². The number of hydrogen-bond acceptors (Lipinski definition) is 4. The van der Waals surface area contributed by atoms with Crippen molar-refractivity contribution in [2.45, 2.75) is 44.8 Å². The predicted octanol–water partition coefficient (Wildman–Crippen LogP) is 5.59. The summed E-state index contributed by atoms with van der Waals surface area (Å²) in [5.41, 5.74) is 1.65. The average molecular weight is 562 g/mol. The quantitative estimate of drug-likeness (QED) is 0.381. The summed E-state index contributed by atoms with van der Waals surface area (Å²) in [4.78, 5) is 39.0. The lowest BCUT2D eigenvalue weighted by Crippen LogP contribution is -2.58. The molecule has 1 saturated heterocycles. The van der Waals surface area contributed by atoms with Crippen molar-refractivity contribution in [3.63, 3.8) is 0 Å². The Balaban J connectivity index is 1.50. The molecule has 4 rings (SSSR count). The molecule has 0 radical (unpaired) electrons. The van der Waals surface area contributed by atoms with E-state index in [1.54, 1.807) is 18.2 Å². The van der Waals surface area contributed by atoms with Crippen LogP contribution >= 0.6 is 31.9 Å². The molecule has 0 unspecified atom stereocenters. The van der Waals surface area contributed by atoms with Crippen LogP contribution in [-0.2, 0) is 16.2 Å². The van der Waals surface area contributed by atoms with E-state index in [4.69, 9.17) is 4.74 Å². The lowest BCUT2D eigenvalue weighted by atomic mass is 9.93. The minimum absolute atomic E-state index is 0.0365. The number of ether oxygens (including phenoxy) is 1. The Labute approximate surface area is 203 Å². The highest BCUT2D eigenvalue weighted by Crippen LogP contribution is 2.30. The number of nitrogens with zero attached hydrogens (tertiary/aromatic N) is 1. The van der Waals surface area contributed by atoms with Crippen LogP contribution < -0.4 is 10.1 Å². The van der Waals surface area contributed by atoms with Crippen molar-refractivity contribution in [1.82, 2.24) is 10.2 Å². The molecule has 32 heavy (non-hydrogen) atoms. The maximum Gasteiger partial charge on any atom is 0.331 e. The smallest absolute Gasteiger partial charge is 0.331 e. The summed E-state index contributed by atoms with van der Waals surface area (Å²) < 4.78 is 7.58. The van der Waals surface area contributed by atoms with Crippen molar-refractivity contribution in [2.24, 2.45) is 0 Å². The zero-order valence-electron chi connectivity index (χ0n) is 17.3. The predicted molar refractivity (Wildman–Crippen MR) is 128 cm³/mol. The molecular formula is C24H22Br2N2O4. The fourth-order valence-corrected chi connectivity index (χ4v) is 4.75. The summed E-state index contributed by atoms with van der Waals surface area (Å²) in [5, 5.41) is 2.32. The fourth-order valence-electron chi connectivity index (χ4n) is 3.97. The Bertz CT molecular complexity index is 1080. The van der Waals surface area contributed by atoms with Crippen LogP contribution in [0.25, 0.3) is 6.08 Å². The van der Waals surface area contributed by atoms with Crippen LogP contribution in [0.2, 0.25) is 0 Å². The molecule has 8 heteroatoms. The topological polar surface area (TPSA) is 75.7 Å². The second-order valence-electron chi connectivity index (χ2n) is 7.89. The monoisotopic (exact) mass is 560 g/mol. The Morgan fingerprint density at radius 2 is 1.72 bits per heavy atom. The third kappa shape index (κ3) is 5.13. The van der Waals surface area contributed by atoms with E-state index >= 15 is 0 Å². The number of carbonyl (C=O) groups excluding carboxylic acids is 3. The lowest BCUT2D eigenvalue weighted by Gasteiger charge is -2.35. The molecule has 2 aromatic rings. The minimum Gasteiger partial charge on any atom is -0.488 e. The molecule has 0 spiro atoms. The van der Waals surface area contributed by atoms with Gasteiger partial charge in [0.2, 0.25) is 0 Å². The number of benzene rings is 2. The van der Waals surface area contributed by atoms with E-state index in [-0.39, 0.29) is 11.6 Å². The van der Waals surface area contributed by atoms with Crippen LogP contribution in [-0.4, -0.2) is 28.8 Å². The van der Waals surface area contributed by atoms with Gasteiger partial charge in [-0.1, -0.05) is 53.4 Å². The Morgan fingerprint density at radius 1 is 1.00 bits per heavy atom. The molecule has 4 amide bonds. The highest BCUT2D eigenvalue weighted by atomic mass is 79.9. The van der Waals surface area contributed by atoms with Crippen molar-refractivity contribution in [3.8, 4) is 5.75 Å². The third-order valence-corrected chi connectivity index (χ3v) is 6.80. The zero-order chi connectivity index (χ0) is 22.7. The highest BCUT2D eigenvalue weighted by Gasteiger charge is 2.40. The number of imide groups is 2. The number of hydrogen-bond donors (Lipinski definition) is 1. The molecule has 6 nitrogen and oxygen atoms in total. The zero-order valence-corrected chi connectivity index (χ0v) is 20.4. The van der Waals surface area contributed by atoms with Crippen LogP contribution in [0.1, 0.15) is 43.2 Å². The van der Waals surface area contributed by atoms with Gasteiger partial charge >= 0.3 is 6.03 Å². The van der Waals surface area contributed by atoms with E-state index < -0.39 is 17.8 Å². The Hall–Kier alpha value is -2.45. The first-order chi connectivity index (χ1) is 15.4. The molecule has 1 aliphatic heterocycles. The molecule has 0 atom stereocenters. The number of carbonyl (C=O) groups is 3. The van der Waals surface area contributed by atoms with E-state index in [2.05, 4.69) is 37.2 Å². The third-order valence-electron chi connectivity index (χ3n) is 5.65. The molecule has 1 saturated carbocycles. The van der Waals surface area contributed by atoms with Gasteiger partial charge in [0.1, 0.15) is 17.9 Å². The first-order valence-electron chi connectivity index (χ1n) is 10.5. The summed E-state index contributed by atoms with van der Waals surface area (Å²) in [6, 6.07) is 12.4. The van der Waals surface area contributed by atoms with Gasteiger partial charge in [-0.3, -0.25) is 19.8 Å². The standard InChI is InChI=1S/C24H22Br2N2O4/c25-17-9-6-15(7-10-17)14-32-21-11-8-16(13-20(21)26)12-19-22(29)27-24(31)28(23(19)30)18-4-2-1-3-5-18/h6-13,18H,1-5,14H2,(H,27,29,31). The molecule has 2 fully saturated rings. The maximum atomic E-state index is 13.0. The number of urea groups is 1. The summed E-state index contributed by atoms with van der Waals surface area (Å²) in [5.74, 6) is -0.551. The Morgan fingerprint density at radius 3 is 2.41 bits per heavy atom. The second kappa shape index (κ2) is 10.0. The van der Waals surface area contributed by atoms with Gasteiger partial charge in [-0.15, -0.1) is 0 Å². The summed E-state index contributed by atoms with van der Waals surface area (Å²) in [6.07, 6.45) is 6.12. The number of halogens is 2. The minimum atomic E-state index is -0.668. The molecule has 1 heterocycles. The Kier molecular flexibility index (Phi) is 7.10. The van der Waals surface area contributed by atoms with E-state index in [1.807, 2.05) is 24.3 Å². The van der Waals surface area contributed by atoms with Gasteiger partial charge in [0, 0.05) is 10.5 Å². The molecule has 2 aromatic carbocycles. The molecule has 2 aliphatic rings. The second-order valence-corrected chi connectivity index (χ2v) is 9.66. The van der Waals surface area contributed by atoms with Gasteiger partial charge in [0.05, 0.1) is 4.47 Å². The average Bonchev–Trinajstić information content (AvgIpc) is 2.78. The van der Waals surface area contributed by atoms with E-state index in [0.717, 1.165) is 42.1 Å². The molecule has 1 N–H and O–H groups in total. The first-order valence-corrected chi connectivity index (χ1v) is 12.1. The van der Waals surface area contributed by atoms with Crippen molar-refractivity contribution in [2.75, 3.05) is 0 Å². The highest BCUT2D eigenvalue weighted by molar-refractivity contribution is 9.10. The lowest BCUT2D eigenvalue weighted by molar-refractivity contribution is -0.132. The van der Waals surface area contributed by atoms with Crippen LogP contribution in [0, 0.1) is 0 Å². The SMILES string of the molecule is O=C1NC(=O)N(C2CCCCC2)C(=O)C1=Cc1ccc(OCc2ccc(Br)cc2)c(Br)c1. The van der Waals surface area contributed by atoms with Crippen molar-refractivity contribution < 1.29 is 19.1 Å². The van der Waals surface area contributed by atoms with Gasteiger partial charge < -0.3 is 4.74 Å². The summed E-state index contributed by atoms with van der Waals surface area (Å²) in [6.45, 7) is 0.408. The van der Waals surface area contributed by atoms with Crippen LogP contribution in [0.3, 0.4) is 0 Å². The molecule has 1 aliphatic carbocycles. The first kappa shape index (κ1) is 22.7. The number of rotatable bonds is 5. The van der Waals surface area contributed by atoms with Gasteiger partial charge in [0.25, 0.3) is 11.8 Å². The number of barbiturate groups is 1. The van der Waals surface area contributed by atoms with Crippen molar-refractivity contribution in [1.29, 1.82) is 0 Å².